The van der Waals surface area contributed by atoms with Crippen LogP contribution in [0.5, 0.6) is 0 Å². The predicted molar refractivity (Wildman–Crippen MR) is 75.8 cm³/mol. The van der Waals surface area contributed by atoms with Gasteiger partial charge in [0.05, 0.1) is 0 Å². The molecule has 0 aliphatic heterocycles. The first-order valence-corrected chi connectivity index (χ1v) is 7.13. The van der Waals surface area contributed by atoms with Crippen molar-refractivity contribution in [3.8, 4) is 0 Å². The van der Waals surface area contributed by atoms with E-state index < -0.39 is 17.9 Å². The van der Waals surface area contributed by atoms with Crippen LogP contribution >= 0.6 is 11.8 Å². The Kier molecular flexibility index (Phi) is 6.67. The number of carbonyl (C=O) groups is 2. The van der Waals surface area contributed by atoms with E-state index in [-0.39, 0.29) is 0 Å². The number of nitrogens with one attached hydrogen (secondary N) is 1. The number of thioether (sulfide) groups is 1. The molecule has 2 N–H and O–H groups in total. The zero-order valence-electron chi connectivity index (χ0n) is 10.6. The molecule has 1 aromatic rings. The van der Waals surface area contributed by atoms with Crippen molar-refractivity contribution in [2.45, 2.75) is 12.5 Å². The van der Waals surface area contributed by atoms with Crippen LogP contribution in [0.2, 0.25) is 0 Å². The number of hydrogen-bond acceptors (Lipinski definition) is 4. The van der Waals surface area contributed by atoms with E-state index >= 15 is 0 Å². The Morgan fingerprint density at radius 1 is 1.58 bits per heavy atom. The Hall–Kier alpha value is -1.82. The van der Waals surface area contributed by atoms with Gasteiger partial charge in [-0.1, -0.05) is 6.07 Å². The molecular weight excluding hydrogens is 264 g/mol. The number of aliphatic carboxylic acids is 1. The van der Waals surface area contributed by atoms with Gasteiger partial charge in [-0.05, 0) is 36.1 Å². The van der Waals surface area contributed by atoms with Crippen molar-refractivity contribution in [2.24, 2.45) is 0 Å². The van der Waals surface area contributed by atoms with Crippen molar-refractivity contribution in [1.82, 2.24) is 10.3 Å². The molecule has 0 radical (unpaired) electrons. The minimum absolute atomic E-state index is 0.406. The van der Waals surface area contributed by atoms with Crippen LogP contribution in [0.4, 0.5) is 0 Å². The molecule has 1 atom stereocenters. The molecule has 19 heavy (non-hydrogen) atoms. The molecule has 0 fully saturated rings. The molecule has 1 unspecified atom stereocenters. The average Bonchev–Trinajstić information content (AvgIpc) is 2.42. The summed E-state index contributed by atoms with van der Waals surface area (Å²) in [6.45, 7) is 0. The van der Waals surface area contributed by atoms with E-state index in [4.69, 9.17) is 5.11 Å². The SMILES string of the molecule is CSCCC(NC(=O)/C=C/c1cccnc1)C(=O)O. The molecular formula is C13H16N2O3S. The lowest BCUT2D eigenvalue weighted by Gasteiger charge is -2.12. The van der Waals surface area contributed by atoms with Crippen LogP contribution in [0.3, 0.4) is 0 Å². The normalized spacial score (nSPS) is 12.3. The molecule has 102 valence electrons. The van der Waals surface area contributed by atoms with Gasteiger partial charge in [0, 0.05) is 18.5 Å². The quantitative estimate of drug-likeness (QED) is 0.738. The third-order valence-electron chi connectivity index (χ3n) is 2.34. The summed E-state index contributed by atoms with van der Waals surface area (Å²) in [6.07, 6.45) is 8.46. The van der Waals surface area contributed by atoms with E-state index in [1.807, 2.05) is 6.26 Å². The standard InChI is InChI=1S/C13H16N2O3S/c1-19-8-6-11(13(17)18)15-12(16)5-4-10-3-2-7-14-9-10/h2-5,7,9,11H,6,8H2,1H3,(H,15,16)(H,17,18)/b5-4+. The highest BCUT2D eigenvalue weighted by atomic mass is 32.2. The topological polar surface area (TPSA) is 79.3 Å². The second-order valence-electron chi connectivity index (χ2n) is 3.80. The van der Waals surface area contributed by atoms with Crippen molar-refractivity contribution >= 4 is 29.7 Å². The number of carboxylic acid groups (broad SMARTS) is 1. The number of nitrogens with zero attached hydrogens (tertiary/aromatic N) is 1. The first kappa shape index (κ1) is 15.2. The van der Waals surface area contributed by atoms with Crippen molar-refractivity contribution in [3.05, 3.63) is 36.2 Å². The van der Waals surface area contributed by atoms with E-state index in [1.165, 1.54) is 6.08 Å². The highest BCUT2D eigenvalue weighted by Crippen LogP contribution is 2.02. The maximum Gasteiger partial charge on any atom is 0.326 e. The summed E-state index contributed by atoms with van der Waals surface area (Å²) in [5.74, 6) is -0.752. The number of carbonyl (C=O) groups excluding carboxylic acids is 1. The fraction of sp³-hybridized carbons (Fsp3) is 0.308. The lowest BCUT2D eigenvalue weighted by atomic mass is 10.2. The highest BCUT2D eigenvalue weighted by molar-refractivity contribution is 7.98. The van der Waals surface area contributed by atoms with Crippen molar-refractivity contribution < 1.29 is 14.7 Å². The largest absolute Gasteiger partial charge is 0.480 e. The first-order chi connectivity index (χ1) is 9.13. The molecule has 0 aromatic carbocycles. The third kappa shape index (κ3) is 6.05. The smallest absolute Gasteiger partial charge is 0.326 e. The lowest BCUT2D eigenvalue weighted by Crippen LogP contribution is -2.40. The van der Waals surface area contributed by atoms with Gasteiger partial charge in [-0.15, -0.1) is 0 Å². The van der Waals surface area contributed by atoms with Crippen LogP contribution in [0.15, 0.2) is 30.6 Å². The van der Waals surface area contributed by atoms with Gasteiger partial charge < -0.3 is 10.4 Å². The first-order valence-electron chi connectivity index (χ1n) is 5.74. The minimum atomic E-state index is -1.02. The molecule has 0 saturated heterocycles. The summed E-state index contributed by atoms with van der Waals surface area (Å²) in [4.78, 5) is 26.5. The van der Waals surface area contributed by atoms with Crippen LogP contribution in [-0.2, 0) is 9.59 Å². The maximum atomic E-state index is 11.6. The molecule has 0 aliphatic carbocycles. The van der Waals surface area contributed by atoms with E-state index in [0.29, 0.717) is 12.2 Å². The summed E-state index contributed by atoms with van der Waals surface area (Å²) in [5, 5.41) is 11.4. The summed E-state index contributed by atoms with van der Waals surface area (Å²) in [5.41, 5.74) is 0.786. The molecule has 0 bridgehead atoms. The second-order valence-corrected chi connectivity index (χ2v) is 4.79. The monoisotopic (exact) mass is 280 g/mol. The van der Waals surface area contributed by atoms with E-state index in [0.717, 1.165) is 5.56 Å². The Balaban J connectivity index is 2.53. The van der Waals surface area contributed by atoms with E-state index in [1.54, 1.807) is 42.4 Å². The van der Waals surface area contributed by atoms with Crippen LogP contribution in [0.1, 0.15) is 12.0 Å². The predicted octanol–water partition coefficient (Wildman–Crippen LogP) is 1.42. The molecule has 1 aromatic heterocycles. The number of carboxylic acids is 1. The van der Waals surface area contributed by atoms with Gasteiger partial charge in [0.2, 0.25) is 5.91 Å². The molecule has 1 amide bonds. The van der Waals surface area contributed by atoms with E-state index in [9.17, 15) is 9.59 Å². The maximum absolute atomic E-state index is 11.6. The molecule has 1 heterocycles. The van der Waals surface area contributed by atoms with Gasteiger partial charge in [0.15, 0.2) is 0 Å². The van der Waals surface area contributed by atoms with Crippen LogP contribution in [0.25, 0.3) is 6.08 Å². The van der Waals surface area contributed by atoms with Gasteiger partial charge in [-0.2, -0.15) is 11.8 Å². The number of aromatic nitrogens is 1. The van der Waals surface area contributed by atoms with Gasteiger partial charge in [-0.3, -0.25) is 9.78 Å². The van der Waals surface area contributed by atoms with Crippen LogP contribution in [0, 0.1) is 0 Å². The zero-order valence-corrected chi connectivity index (χ0v) is 11.4. The highest BCUT2D eigenvalue weighted by Gasteiger charge is 2.17. The van der Waals surface area contributed by atoms with Crippen molar-refractivity contribution in [3.63, 3.8) is 0 Å². The van der Waals surface area contributed by atoms with Gasteiger partial charge >= 0.3 is 5.97 Å². The Morgan fingerprint density at radius 3 is 2.95 bits per heavy atom. The Labute approximate surface area is 116 Å². The number of hydrogen-bond donors (Lipinski definition) is 2. The lowest BCUT2D eigenvalue weighted by molar-refractivity contribution is -0.141. The minimum Gasteiger partial charge on any atom is -0.480 e. The van der Waals surface area contributed by atoms with E-state index in [2.05, 4.69) is 10.3 Å². The summed E-state index contributed by atoms with van der Waals surface area (Å²) in [7, 11) is 0. The van der Waals surface area contributed by atoms with Crippen LogP contribution < -0.4 is 5.32 Å². The Bertz CT molecular complexity index is 448. The van der Waals surface area contributed by atoms with Crippen LogP contribution in [-0.4, -0.2) is 40.0 Å². The summed E-state index contributed by atoms with van der Waals surface area (Å²) >= 11 is 1.54. The fourth-order valence-corrected chi connectivity index (χ4v) is 1.83. The number of amides is 1. The number of pyridine rings is 1. The zero-order chi connectivity index (χ0) is 14.1. The molecule has 0 spiro atoms. The van der Waals surface area contributed by atoms with Gasteiger partial charge in [0.25, 0.3) is 0 Å². The molecule has 5 nitrogen and oxygen atoms in total. The number of rotatable bonds is 7. The van der Waals surface area contributed by atoms with Crippen molar-refractivity contribution in [2.75, 3.05) is 12.0 Å². The second kappa shape index (κ2) is 8.31. The molecule has 0 saturated carbocycles. The summed E-state index contributed by atoms with van der Waals surface area (Å²) < 4.78 is 0. The molecule has 1 rings (SSSR count). The van der Waals surface area contributed by atoms with Crippen molar-refractivity contribution in [1.29, 1.82) is 0 Å². The summed E-state index contributed by atoms with van der Waals surface area (Å²) in [6, 6.07) is 2.72. The third-order valence-corrected chi connectivity index (χ3v) is 2.98. The van der Waals surface area contributed by atoms with Gasteiger partial charge in [0.1, 0.15) is 6.04 Å². The fourth-order valence-electron chi connectivity index (χ4n) is 1.36. The molecule has 0 aliphatic rings. The van der Waals surface area contributed by atoms with Gasteiger partial charge in [-0.25, -0.2) is 4.79 Å². The Morgan fingerprint density at radius 2 is 2.37 bits per heavy atom. The average molecular weight is 280 g/mol. The molecule has 6 heteroatoms.